The first-order valence-electron chi connectivity index (χ1n) is 6.89. The van der Waals surface area contributed by atoms with E-state index >= 15 is 0 Å². The summed E-state index contributed by atoms with van der Waals surface area (Å²) in [4.78, 5) is 9.98. The standard InChI is InChI=1S/C15H24N4/c1-10(2)12(8-16)9-19(4)13-5-6-14-15(7-13)18-11(3)17-14/h5-7,10,12H,8-9,16H2,1-4H3,(H,17,18). The minimum Gasteiger partial charge on any atom is -0.374 e. The predicted molar refractivity (Wildman–Crippen MR) is 81.5 cm³/mol. The van der Waals surface area contributed by atoms with Crippen molar-refractivity contribution in [2.75, 3.05) is 25.0 Å². The number of nitrogens with one attached hydrogen (secondary N) is 1. The summed E-state index contributed by atoms with van der Waals surface area (Å²) in [5.74, 6) is 2.08. The van der Waals surface area contributed by atoms with Crippen molar-refractivity contribution in [2.45, 2.75) is 20.8 Å². The van der Waals surface area contributed by atoms with Crippen LogP contribution in [0.2, 0.25) is 0 Å². The molecule has 0 fully saturated rings. The molecular formula is C15H24N4. The fourth-order valence-electron chi connectivity index (χ4n) is 2.38. The molecule has 2 aromatic rings. The van der Waals surface area contributed by atoms with Crippen LogP contribution in [0.25, 0.3) is 11.0 Å². The van der Waals surface area contributed by atoms with Gasteiger partial charge in [0.15, 0.2) is 0 Å². The largest absolute Gasteiger partial charge is 0.374 e. The summed E-state index contributed by atoms with van der Waals surface area (Å²) in [5, 5.41) is 0. The molecule has 4 nitrogen and oxygen atoms in total. The highest BCUT2D eigenvalue weighted by Gasteiger charge is 2.14. The molecule has 0 amide bonds. The van der Waals surface area contributed by atoms with Crippen molar-refractivity contribution in [3.05, 3.63) is 24.0 Å². The van der Waals surface area contributed by atoms with Gasteiger partial charge in [-0.05, 0) is 43.5 Å². The average Bonchev–Trinajstić information content (AvgIpc) is 2.74. The lowest BCUT2D eigenvalue weighted by Crippen LogP contribution is -2.33. The van der Waals surface area contributed by atoms with Gasteiger partial charge >= 0.3 is 0 Å². The zero-order valence-electron chi connectivity index (χ0n) is 12.3. The van der Waals surface area contributed by atoms with E-state index in [1.165, 1.54) is 5.69 Å². The van der Waals surface area contributed by atoms with Crippen molar-refractivity contribution in [3.63, 3.8) is 0 Å². The molecule has 19 heavy (non-hydrogen) atoms. The van der Waals surface area contributed by atoms with E-state index in [9.17, 15) is 0 Å². The molecule has 0 spiro atoms. The molecule has 0 saturated carbocycles. The number of fused-ring (bicyclic) bond motifs is 1. The number of imidazole rings is 1. The van der Waals surface area contributed by atoms with Crippen molar-refractivity contribution in [3.8, 4) is 0 Å². The van der Waals surface area contributed by atoms with E-state index in [2.05, 4.69) is 54.0 Å². The molecule has 1 aromatic heterocycles. The van der Waals surface area contributed by atoms with Crippen LogP contribution in [0.4, 0.5) is 5.69 Å². The molecule has 4 heteroatoms. The Labute approximate surface area is 115 Å². The Kier molecular flexibility index (Phi) is 4.10. The molecule has 3 N–H and O–H groups in total. The van der Waals surface area contributed by atoms with Crippen LogP contribution in [0.5, 0.6) is 0 Å². The molecule has 1 atom stereocenters. The lowest BCUT2D eigenvalue weighted by molar-refractivity contribution is 0.398. The molecule has 1 aromatic carbocycles. The number of aromatic amines is 1. The normalized spacial score (nSPS) is 13.2. The molecule has 0 bridgehead atoms. The molecule has 2 rings (SSSR count). The van der Waals surface area contributed by atoms with Crippen LogP contribution in [0.3, 0.4) is 0 Å². The molecule has 0 aliphatic heterocycles. The highest BCUT2D eigenvalue weighted by Crippen LogP contribution is 2.21. The number of anilines is 1. The summed E-state index contributed by atoms with van der Waals surface area (Å²) < 4.78 is 0. The molecule has 1 unspecified atom stereocenters. The van der Waals surface area contributed by atoms with Crippen molar-refractivity contribution in [2.24, 2.45) is 17.6 Å². The summed E-state index contributed by atoms with van der Waals surface area (Å²) in [6.45, 7) is 8.15. The van der Waals surface area contributed by atoms with E-state index in [1.807, 2.05) is 6.92 Å². The number of H-pyrrole nitrogens is 1. The fourth-order valence-corrected chi connectivity index (χ4v) is 2.38. The summed E-state index contributed by atoms with van der Waals surface area (Å²) >= 11 is 0. The SMILES string of the molecule is Cc1nc2ccc(N(C)CC(CN)C(C)C)cc2[nH]1. The molecule has 0 aliphatic carbocycles. The second kappa shape index (κ2) is 5.61. The Morgan fingerprint density at radius 3 is 2.74 bits per heavy atom. The second-order valence-corrected chi connectivity index (χ2v) is 5.64. The average molecular weight is 260 g/mol. The maximum absolute atomic E-state index is 5.85. The van der Waals surface area contributed by atoms with Gasteiger partial charge in [-0.25, -0.2) is 4.98 Å². The number of hydrogen-bond donors (Lipinski definition) is 2. The van der Waals surface area contributed by atoms with E-state index in [1.54, 1.807) is 0 Å². The van der Waals surface area contributed by atoms with Gasteiger partial charge in [-0.15, -0.1) is 0 Å². The van der Waals surface area contributed by atoms with E-state index in [4.69, 9.17) is 5.73 Å². The third kappa shape index (κ3) is 3.07. The van der Waals surface area contributed by atoms with Crippen LogP contribution in [-0.4, -0.2) is 30.1 Å². The van der Waals surface area contributed by atoms with Crippen LogP contribution in [0.15, 0.2) is 18.2 Å². The zero-order chi connectivity index (χ0) is 14.0. The molecule has 0 aliphatic rings. The van der Waals surface area contributed by atoms with Gasteiger partial charge in [0.05, 0.1) is 11.0 Å². The van der Waals surface area contributed by atoms with Crippen LogP contribution >= 0.6 is 0 Å². The Morgan fingerprint density at radius 2 is 2.11 bits per heavy atom. The Hall–Kier alpha value is -1.55. The number of rotatable bonds is 5. The van der Waals surface area contributed by atoms with E-state index in [0.717, 1.165) is 29.9 Å². The Bertz CT molecular complexity index is 544. The lowest BCUT2D eigenvalue weighted by Gasteiger charge is -2.27. The quantitative estimate of drug-likeness (QED) is 0.868. The van der Waals surface area contributed by atoms with Gasteiger partial charge in [-0.1, -0.05) is 13.8 Å². The smallest absolute Gasteiger partial charge is 0.104 e. The number of aromatic nitrogens is 2. The number of nitrogens with zero attached hydrogens (tertiary/aromatic N) is 2. The van der Waals surface area contributed by atoms with E-state index in [-0.39, 0.29) is 0 Å². The van der Waals surface area contributed by atoms with Gasteiger partial charge < -0.3 is 15.6 Å². The monoisotopic (exact) mass is 260 g/mol. The third-order valence-corrected chi connectivity index (χ3v) is 3.78. The number of nitrogens with two attached hydrogens (primary N) is 1. The summed E-state index contributed by atoms with van der Waals surface area (Å²) in [7, 11) is 2.12. The minimum atomic E-state index is 0.518. The van der Waals surface area contributed by atoms with Crippen molar-refractivity contribution >= 4 is 16.7 Å². The number of aryl methyl sites for hydroxylation is 1. The Morgan fingerprint density at radius 1 is 1.37 bits per heavy atom. The first-order valence-corrected chi connectivity index (χ1v) is 6.89. The maximum Gasteiger partial charge on any atom is 0.104 e. The fraction of sp³-hybridized carbons (Fsp3) is 0.533. The number of hydrogen-bond acceptors (Lipinski definition) is 3. The molecular weight excluding hydrogens is 236 g/mol. The topological polar surface area (TPSA) is 57.9 Å². The van der Waals surface area contributed by atoms with Crippen molar-refractivity contribution in [1.29, 1.82) is 0 Å². The van der Waals surface area contributed by atoms with Crippen molar-refractivity contribution in [1.82, 2.24) is 9.97 Å². The number of benzene rings is 1. The van der Waals surface area contributed by atoms with Gasteiger partial charge in [-0.3, -0.25) is 0 Å². The minimum absolute atomic E-state index is 0.518. The van der Waals surface area contributed by atoms with Gasteiger partial charge in [0.2, 0.25) is 0 Å². The highest BCUT2D eigenvalue weighted by molar-refractivity contribution is 5.79. The Balaban J connectivity index is 2.18. The summed E-state index contributed by atoms with van der Waals surface area (Å²) in [5.41, 5.74) is 9.17. The molecule has 1 heterocycles. The lowest BCUT2D eigenvalue weighted by atomic mass is 9.95. The van der Waals surface area contributed by atoms with Crippen LogP contribution in [0, 0.1) is 18.8 Å². The molecule has 0 radical (unpaired) electrons. The third-order valence-electron chi connectivity index (χ3n) is 3.78. The van der Waals surface area contributed by atoms with Gasteiger partial charge in [0.1, 0.15) is 5.82 Å². The van der Waals surface area contributed by atoms with Crippen molar-refractivity contribution < 1.29 is 0 Å². The van der Waals surface area contributed by atoms with E-state index in [0.29, 0.717) is 11.8 Å². The van der Waals surface area contributed by atoms with Gasteiger partial charge in [-0.2, -0.15) is 0 Å². The first-order chi connectivity index (χ1) is 9.01. The molecule has 0 saturated heterocycles. The maximum atomic E-state index is 5.85. The van der Waals surface area contributed by atoms with Crippen LogP contribution in [-0.2, 0) is 0 Å². The van der Waals surface area contributed by atoms with Gasteiger partial charge in [0, 0.05) is 19.3 Å². The van der Waals surface area contributed by atoms with Crippen LogP contribution < -0.4 is 10.6 Å². The summed E-state index contributed by atoms with van der Waals surface area (Å²) in [6, 6.07) is 6.34. The summed E-state index contributed by atoms with van der Waals surface area (Å²) in [6.07, 6.45) is 0. The highest BCUT2D eigenvalue weighted by atomic mass is 15.1. The zero-order valence-corrected chi connectivity index (χ0v) is 12.3. The van der Waals surface area contributed by atoms with E-state index < -0.39 is 0 Å². The second-order valence-electron chi connectivity index (χ2n) is 5.64. The molecule has 104 valence electrons. The first kappa shape index (κ1) is 13.9. The van der Waals surface area contributed by atoms with Crippen LogP contribution in [0.1, 0.15) is 19.7 Å². The predicted octanol–water partition coefficient (Wildman–Crippen LogP) is 2.54. The van der Waals surface area contributed by atoms with Gasteiger partial charge in [0.25, 0.3) is 0 Å².